The van der Waals surface area contributed by atoms with Crippen LogP contribution in [-0.2, 0) is 14.6 Å². The fraction of sp³-hybridized carbons (Fsp3) is 0.350. The van der Waals surface area contributed by atoms with Crippen molar-refractivity contribution < 1.29 is 27.1 Å². The normalized spacial score (nSPS) is 26.4. The standard InChI is InChI=1S/C20H20FNO5S/c1-20-11-16(15-9-6-13(26-3)10-17(15)27-20)18(19(23)22(20)2)28(24,25)14-7-4-12(21)5-8-14/h4-10,16,18H,11H2,1-3H3/t16-,18+,20+/m1/s1. The maximum atomic E-state index is 13.4. The van der Waals surface area contributed by atoms with Crippen molar-refractivity contribution in [2.24, 2.45) is 0 Å². The number of likely N-dealkylation sites (tertiary alicyclic amines) is 1. The van der Waals surface area contributed by atoms with Crippen LogP contribution in [0.1, 0.15) is 24.8 Å². The van der Waals surface area contributed by atoms with E-state index in [0.29, 0.717) is 23.5 Å². The van der Waals surface area contributed by atoms with E-state index in [-0.39, 0.29) is 4.90 Å². The average molecular weight is 405 g/mol. The summed E-state index contributed by atoms with van der Waals surface area (Å²) in [5.41, 5.74) is -0.314. The number of carbonyl (C=O) groups is 1. The molecule has 2 aliphatic heterocycles. The molecule has 1 saturated heterocycles. The summed E-state index contributed by atoms with van der Waals surface area (Å²) in [7, 11) is -0.971. The summed E-state index contributed by atoms with van der Waals surface area (Å²) in [6.45, 7) is 1.76. The Morgan fingerprint density at radius 3 is 2.54 bits per heavy atom. The lowest BCUT2D eigenvalue weighted by molar-refractivity contribution is -0.159. The van der Waals surface area contributed by atoms with Gasteiger partial charge in [0.1, 0.15) is 17.3 Å². The Balaban J connectivity index is 1.88. The third kappa shape index (κ3) is 2.66. The van der Waals surface area contributed by atoms with Crippen molar-refractivity contribution in [1.29, 1.82) is 0 Å². The van der Waals surface area contributed by atoms with Gasteiger partial charge in [-0.2, -0.15) is 0 Å². The van der Waals surface area contributed by atoms with E-state index in [2.05, 4.69) is 0 Å². The molecule has 0 saturated carbocycles. The minimum atomic E-state index is -4.04. The molecule has 1 fully saturated rings. The molecule has 8 heteroatoms. The molecule has 0 spiro atoms. The number of fused-ring (bicyclic) bond motifs is 4. The van der Waals surface area contributed by atoms with Gasteiger partial charge in [-0.05, 0) is 42.8 Å². The van der Waals surface area contributed by atoms with Gasteiger partial charge in [0.05, 0.1) is 12.0 Å². The molecule has 28 heavy (non-hydrogen) atoms. The van der Waals surface area contributed by atoms with E-state index in [1.807, 2.05) is 0 Å². The molecule has 0 aromatic heterocycles. The number of carbonyl (C=O) groups excluding carboxylic acids is 1. The summed E-state index contributed by atoms with van der Waals surface area (Å²) in [4.78, 5) is 14.4. The number of hydrogen-bond donors (Lipinski definition) is 0. The molecule has 0 unspecified atom stereocenters. The zero-order valence-electron chi connectivity index (χ0n) is 15.7. The lowest BCUT2D eigenvalue weighted by Crippen LogP contribution is -2.64. The summed E-state index contributed by atoms with van der Waals surface area (Å²) in [6, 6.07) is 9.71. The predicted octanol–water partition coefficient (Wildman–Crippen LogP) is 2.73. The van der Waals surface area contributed by atoms with Crippen LogP contribution in [0.3, 0.4) is 0 Å². The monoisotopic (exact) mass is 405 g/mol. The van der Waals surface area contributed by atoms with Gasteiger partial charge >= 0.3 is 0 Å². The molecule has 0 aliphatic carbocycles. The Labute approximate surface area is 162 Å². The van der Waals surface area contributed by atoms with Crippen LogP contribution in [0.4, 0.5) is 4.39 Å². The van der Waals surface area contributed by atoms with E-state index in [9.17, 15) is 17.6 Å². The fourth-order valence-electron chi connectivity index (χ4n) is 4.02. The molecule has 3 atom stereocenters. The Bertz CT molecular complexity index is 1050. The first-order valence-electron chi connectivity index (χ1n) is 8.81. The number of ether oxygens (including phenoxy) is 2. The third-order valence-corrected chi connectivity index (χ3v) is 7.80. The maximum absolute atomic E-state index is 13.4. The second-order valence-corrected chi connectivity index (χ2v) is 9.38. The predicted molar refractivity (Wildman–Crippen MR) is 99.5 cm³/mol. The first-order valence-corrected chi connectivity index (χ1v) is 10.4. The van der Waals surface area contributed by atoms with Crippen LogP contribution in [0.5, 0.6) is 11.5 Å². The van der Waals surface area contributed by atoms with Gasteiger partial charge in [0.2, 0.25) is 5.91 Å². The number of benzene rings is 2. The van der Waals surface area contributed by atoms with Crippen LogP contribution in [0.15, 0.2) is 47.4 Å². The largest absolute Gasteiger partial charge is 0.497 e. The number of amides is 1. The molecule has 2 heterocycles. The van der Waals surface area contributed by atoms with E-state index in [0.717, 1.165) is 12.1 Å². The molecule has 0 radical (unpaired) electrons. The van der Waals surface area contributed by atoms with Gasteiger partial charge in [-0.25, -0.2) is 12.8 Å². The SMILES string of the molecule is COc1ccc2c(c1)O[C@@]1(C)C[C@H]2[C@H](S(=O)(=O)c2ccc(F)cc2)C(=O)N1C. The number of rotatable bonds is 3. The minimum absolute atomic E-state index is 0.0780. The molecule has 1 amide bonds. The number of piperidine rings is 1. The van der Waals surface area contributed by atoms with Crippen LogP contribution in [0.25, 0.3) is 0 Å². The molecular weight excluding hydrogens is 385 g/mol. The molecule has 6 nitrogen and oxygen atoms in total. The number of sulfone groups is 1. The Morgan fingerprint density at radius 1 is 1.21 bits per heavy atom. The zero-order chi connectivity index (χ0) is 20.3. The van der Waals surface area contributed by atoms with E-state index in [1.54, 1.807) is 25.1 Å². The molecule has 2 bridgehead atoms. The topological polar surface area (TPSA) is 72.9 Å². The lowest BCUT2D eigenvalue weighted by Gasteiger charge is -2.51. The van der Waals surface area contributed by atoms with Crippen molar-refractivity contribution in [3.05, 3.63) is 53.8 Å². The van der Waals surface area contributed by atoms with Crippen molar-refractivity contribution in [1.82, 2.24) is 4.90 Å². The molecule has 148 valence electrons. The van der Waals surface area contributed by atoms with Gasteiger partial charge in [0.15, 0.2) is 20.8 Å². The van der Waals surface area contributed by atoms with E-state index in [1.165, 1.54) is 31.2 Å². The van der Waals surface area contributed by atoms with Crippen LogP contribution in [0.2, 0.25) is 0 Å². The Kier molecular flexibility index (Phi) is 4.15. The lowest BCUT2D eigenvalue weighted by atomic mass is 9.80. The quantitative estimate of drug-likeness (QED) is 0.735. The number of hydrogen-bond acceptors (Lipinski definition) is 5. The van der Waals surface area contributed by atoms with Crippen molar-refractivity contribution in [3.8, 4) is 11.5 Å². The highest BCUT2D eigenvalue weighted by Gasteiger charge is 2.57. The highest BCUT2D eigenvalue weighted by atomic mass is 32.2. The number of nitrogens with zero attached hydrogens (tertiary/aromatic N) is 1. The van der Waals surface area contributed by atoms with Crippen LogP contribution >= 0.6 is 0 Å². The van der Waals surface area contributed by atoms with Gasteiger partial charge in [0, 0.05) is 25.5 Å². The first-order chi connectivity index (χ1) is 13.2. The van der Waals surface area contributed by atoms with E-state index >= 15 is 0 Å². The van der Waals surface area contributed by atoms with E-state index < -0.39 is 38.5 Å². The Morgan fingerprint density at radius 2 is 1.89 bits per heavy atom. The maximum Gasteiger partial charge on any atom is 0.244 e. The van der Waals surface area contributed by atoms with Crippen molar-refractivity contribution in [2.45, 2.75) is 35.1 Å². The average Bonchev–Trinajstić information content (AvgIpc) is 2.66. The summed E-state index contributed by atoms with van der Waals surface area (Å²) < 4.78 is 51.3. The van der Waals surface area contributed by atoms with Crippen molar-refractivity contribution in [3.63, 3.8) is 0 Å². The summed E-state index contributed by atoms with van der Waals surface area (Å²) in [5, 5.41) is -1.31. The van der Waals surface area contributed by atoms with Gasteiger partial charge in [-0.3, -0.25) is 4.79 Å². The third-order valence-electron chi connectivity index (χ3n) is 5.67. The minimum Gasteiger partial charge on any atom is -0.497 e. The molecule has 2 aromatic rings. The number of methoxy groups -OCH3 is 1. The fourth-order valence-corrected chi connectivity index (χ4v) is 5.93. The second-order valence-electron chi connectivity index (χ2n) is 7.31. The highest BCUT2D eigenvalue weighted by molar-refractivity contribution is 7.92. The summed E-state index contributed by atoms with van der Waals surface area (Å²) >= 11 is 0. The zero-order valence-corrected chi connectivity index (χ0v) is 16.5. The molecule has 0 N–H and O–H groups in total. The van der Waals surface area contributed by atoms with Gasteiger partial charge in [0.25, 0.3) is 0 Å². The summed E-state index contributed by atoms with van der Waals surface area (Å²) in [5.74, 6) is -0.587. The first kappa shape index (κ1) is 18.7. The van der Waals surface area contributed by atoms with Gasteiger partial charge in [-0.15, -0.1) is 0 Å². The van der Waals surface area contributed by atoms with Crippen LogP contribution in [0, 0.1) is 5.82 Å². The second kappa shape index (κ2) is 6.20. The summed E-state index contributed by atoms with van der Waals surface area (Å²) in [6.07, 6.45) is 0.333. The molecular formula is C20H20FNO5S. The molecule has 2 aliphatic rings. The van der Waals surface area contributed by atoms with Crippen LogP contribution < -0.4 is 9.47 Å². The molecule has 2 aromatic carbocycles. The van der Waals surface area contributed by atoms with Crippen molar-refractivity contribution >= 4 is 15.7 Å². The van der Waals surface area contributed by atoms with Gasteiger partial charge < -0.3 is 14.4 Å². The Hall–Kier alpha value is -2.61. The molecule has 4 rings (SSSR count). The smallest absolute Gasteiger partial charge is 0.244 e. The van der Waals surface area contributed by atoms with E-state index in [4.69, 9.17) is 9.47 Å². The van der Waals surface area contributed by atoms with Gasteiger partial charge in [-0.1, -0.05) is 6.07 Å². The highest BCUT2D eigenvalue weighted by Crippen LogP contribution is 2.50. The van der Waals surface area contributed by atoms with Crippen LogP contribution in [-0.4, -0.2) is 44.4 Å². The number of halogens is 1. The van der Waals surface area contributed by atoms with Crippen molar-refractivity contribution in [2.75, 3.05) is 14.2 Å².